The summed E-state index contributed by atoms with van der Waals surface area (Å²) < 4.78 is 12.4. The second kappa shape index (κ2) is 11.9. The van der Waals surface area contributed by atoms with Crippen molar-refractivity contribution in [3.05, 3.63) is 96.2 Å². The molecule has 0 fully saturated rings. The summed E-state index contributed by atoms with van der Waals surface area (Å²) in [6, 6.07) is 24.6. The first-order valence-electron chi connectivity index (χ1n) is 12.0. The zero-order valence-electron chi connectivity index (χ0n) is 21.2. The van der Waals surface area contributed by atoms with E-state index in [4.69, 9.17) is 14.6 Å². The van der Waals surface area contributed by atoms with E-state index in [0.29, 0.717) is 41.4 Å². The van der Waals surface area contributed by atoms with E-state index in [9.17, 15) is 9.59 Å². The molecule has 8 nitrogen and oxygen atoms in total. The summed E-state index contributed by atoms with van der Waals surface area (Å²) >= 11 is 0. The van der Waals surface area contributed by atoms with Gasteiger partial charge in [0.05, 0.1) is 32.0 Å². The van der Waals surface area contributed by atoms with Crippen LogP contribution >= 0.6 is 0 Å². The maximum atomic E-state index is 13.3. The van der Waals surface area contributed by atoms with E-state index in [0.717, 1.165) is 11.3 Å². The maximum absolute atomic E-state index is 13.3. The molecule has 0 aliphatic heterocycles. The molecule has 0 spiro atoms. The van der Waals surface area contributed by atoms with Crippen LogP contribution in [-0.4, -0.2) is 53.8 Å². The van der Waals surface area contributed by atoms with Gasteiger partial charge in [-0.15, -0.1) is 0 Å². The summed E-state index contributed by atoms with van der Waals surface area (Å²) in [5.74, 6) is 0.539. The number of nitrogens with one attached hydrogen (secondary N) is 1. The van der Waals surface area contributed by atoms with Crippen molar-refractivity contribution in [1.82, 2.24) is 20.0 Å². The fraction of sp³-hybridized carbons (Fsp3) is 0.207. The van der Waals surface area contributed by atoms with Crippen LogP contribution in [0, 0.1) is 0 Å². The SMILES string of the molecule is CCN(Cc1ccccc1)C(=O)CNC(=O)c1cn(-c2ccccc2)nc1-c1ccc(OC)c(OC)c1. The van der Waals surface area contributed by atoms with E-state index in [1.54, 1.807) is 42.1 Å². The molecule has 1 N–H and O–H groups in total. The Bertz CT molecular complexity index is 1350. The van der Waals surface area contributed by atoms with Gasteiger partial charge in [0, 0.05) is 24.8 Å². The number of carbonyl (C=O) groups excluding carboxylic acids is 2. The minimum absolute atomic E-state index is 0.124. The lowest BCUT2D eigenvalue weighted by molar-refractivity contribution is -0.130. The maximum Gasteiger partial charge on any atom is 0.255 e. The minimum Gasteiger partial charge on any atom is -0.493 e. The van der Waals surface area contributed by atoms with Crippen LogP contribution in [0.15, 0.2) is 85.1 Å². The van der Waals surface area contributed by atoms with Crippen LogP contribution in [0.2, 0.25) is 0 Å². The van der Waals surface area contributed by atoms with E-state index >= 15 is 0 Å². The van der Waals surface area contributed by atoms with Gasteiger partial charge >= 0.3 is 0 Å². The van der Waals surface area contributed by atoms with E-state index in [1.807, 2.05) is 73.7 Å². The van der Waals surface area contributed by atoms with Gasteiger partial charge in [0.2, 0.25) is 5.91 Å². The number of carbonyl (C=O) groups is 2. The molecule has 190 valence electrons. The third-order valence-electron chi connectivity index (χ3n) is 5.99. The largest absolute Gasteiger partial charge is 0.493 e. The van der Waals surface area contributed by atoms with E-state index < -0.39 is 5.91 Å². The first kappa shape index (κ1) is 25.5. The summed E-state index contributed by atoms with van der Waals surface area (Å²) in [5.41, 5.74) is 3.33. The molecule has 37 heavy (non-hydrogen) atoms. The van der Waals surface area contributed by atoms with Gasteiger partial charge in [-0.25, -0.2) is 4.68 Å². The topological polar surface area (TPSA) is 85.7 Å². The average molecular weight is 499 g/mol. The predicted molar refractivity (Wildman–Crippen MR) is 142 cm³/mol. The number of aromatic nitrogens is 2. The highest BCUT2D eigenvalue weighted by atomic mass is 16.5. The lowest BCUT2D eigenvalue weighted by Gasteiger charge is -2.21. The van der Waals surface area contributed by atoms with Crippen LogP contribution in [0.25, 0.3) is 16.9 Å². The Morgan fingerprint density at radius 3 is 2.24 bits per heavy atom. The van der Waals surface area contributed by atoms with Gasteiger partial charge in [0.1, 0.15) is 5.69 Å². The summed E-state index contributed by atoms with van der Waals surface area (Å²) in [7, 11) is 3.12. The van der Waals surface area contributed by atoms with Gasteiger partial charge in [-0.05, 0) is 42.8 Å². The molecular weight excluding hydrogens is 468 g/mol. The number of rotatable bonds is 10. The van der Waals surface area contributed by atoms with Crippen LogP contribution in [-0.2, 0) is 11.3 Å². The summed E-state index contributed by atoms with van der Waals surface area (Å²) in [4.78, 5) is 28.0. The Hall–Kier alpha value is -4.59. The number of hydrogen-bond donors (Lipinski definition) is 1. The third-order valence-corrected chi connectivity index (χ3v) is 5.99. The van der Waals surface area contributed by atoms with Crippen molar-refractivity contribution in [2.75, 3.05) is 27.3 Å². The number of amides is 2. The molecule has 0 radical (unpaired) electrons. The molecule has 0 unspecified atom stereocenters. The molecule has 8 heteroatoms. The van der Waals surface area contributed by atoms with Crippen molar-refractivity contribution >= 4 is 11.8 Å². The molecule has 2 amide bonds. The number of likely N-dealkylation sites (N-methyl/N-ethyl adjacent to an activating group) is 1. The van der Waals surface area contributed by atoms with Gasteiger partial charge in [-0.2, -0.15) is 5.10 Å². The fourth-order valence-corrected chi connectivity index (χ4v) is 3.99. The molecule has 3 aromatic carbocycles. The summed E-state index contributed by atoms with van der Waals surface area (Å²) in [6.45, 7) is 2.81. The van der Waals surface area contributed by atoms with Crippen molar-refractivity contribution in [1.29, 1.82) is 0 Å². The summed E-state index contributed by atoms with van der Waals surface area (Å²) in [6.07, 6.45) is 1.67. The lowest BCUT2D eigenvalue weighted by Crippen LogP contribution is -2.39. The molecule has 4 rings (SSSR count). The number of hydrogen-bond acceptors (Lipinski definition) is 5. The van der Waals surface area contributed by atoms with Crippen molar-refractivity contribution in [2.45, 2.75) is 13.5 Å². The molecule has 0 saturated carbocycles. The van der Waals surface area contributed by atoms with Gasteiger partial charge in [0.15, 0.2) is 11.5 Å². The van der Waals surface area contributed by atoms with Crippen LogP contribution in [0.5, 0.6) is 11.5 Å². The molecule has 0 bridgehead atoms. The average Bonchev–Trinajstić information content (AvgIpc) is 3.41. The van der Waals surface area contributed by atoms with Crippen molar-refractivity contribution in [2.24, 2.45) is 0 Å². The molecule has 0 atom stereocenters. The Kier molecular flexibility index (Phi) is 8.20. The normalized spacial score (nSPS) is 10.6. The minimum atomic E-state index is -0.393. The van der Waals surface area contributed by atoms with Crippen molar-refractivity contribution in [3.63, 3.8) is 0 Å². The molecular formula is C29H30N4O4. The zero-order valence-corrected chi connectivity index (χ0v) is 21.2. The molecule has 4 aromatic rings. The van der Waals surface area contributed by atoms with E-state index in [2.05, 4.69) is 5.32 Å². The van der Waals surface area contributed by atoms with Crippen LogP contribution in [0.1, 0.15) is 22.8 Å². The molecule has 0 saturated heterocycles. The lowest BCUT2D eigenvalue weighted by atomic mass is 10.1. The first-order valence-corrected chi connectivity index (χ1v) is 12.0. The van der Waals surface area contributed by atoms with E-state index in [1.165, 1.54) is 0 Å². The quantitative estimate of drug-likeness (QED) is 0.352. The number of ether oxygens (including phenoxy) is 2. The number of methoxy groups -OCH3 is 2. The molecule has 0 aliphatic carbocycles. The Morgan fingerprint density at radius 1 is 0.919 bits per heavy atom. The Labute approximate surface area is 216 Å². The predicted octanol–water partition coefficient (Wildman–Crippen LogP) is 4.34. The van der Waals surface area contributed by atoms with Gasteiger partial charge in [-0.3, -0.25) is 9.59 Å². The smallest absolute Gasteiger partial charge is 0.255 e. The van der Waals surface area contributed by atoms with Gasteiger partial charge in [0.25, 0.3) is 5.91 Å². The van der Waals surface area contributed by atoms with Crippen LogP contribution in [0.3, 0.4) is 0 Å². The molecule has 1 aromatic heterocycles. The first-order chi connectivity index (χ1) is 18.0. The standard InChI is InChI=1S/C29H30N4O4/c1-4-32(19-21-11-7-5-8-12-21)27(34)18-30-29(35)24-20-33(23-13-9-6-10-14-23)31-28(24)22-15-16-25(36-2)26(17-22)37-3/h5-17,20H,4,18-19H2,1-3H3,(H,30,35). The van der Waals surface area contributed by atoms with Gasteiger partial charge in [-0.1, -0.05) is 48.5 Å². The summed E-state index contributed by atoms with van der Waals surface area (Å²) in [5, 5.41) is 7.49. The number of para-hydroxylation sites is 1. The Morgan fingerprint density at radius 2 is 1.59 bits per heavy atom. The highest BCUT2D eigenvalue weighted by Crippen LogP contribution is 2.33. The Balaban J connectivity index is 1.59. The van der Waals surface area contributed by atoms with Crippen LogP contribution < -0.4 is 14.8 Å². The third kappa shape index (κ3) is 5.98. The zero-order chi connectivity index (χ0) is 26.2. The molecule has 0 aliphatic rings. The van der Waals surface area contributed by atoms with Gasteiger partial charge < -0.3 is 19.7 Å². The number of nitrogens with zero attached hydrogens (tertiary/aromatic N) is 3. The van der Waals surface area contributed by atoms with Crippen molar-refractivity contribution in [3.8, 4) is 28.4 Å². The molecule has 1 heterocycles. The van der Waals surface area contributed by atoms with E-state index in [-0.39, 0.29) is 12.5 Å². The van der Waals surface area contributed by atoms with Crippen molar-refractivity contribution < 1.29 is 19.1 Å². The van der Waals surface area contributed by atoms with Crippen LogP contribution in [0.4, 0.5) is 0 Å². The number of benzene rings is 3. The second-order valence-electron chi connectivity index (χ2n) is 8.32. The fourth-order valence-electron chi connectivity index (χ4n) is 3.99. The monoisotopic (exact) mass is 498 g/mol. The highest BCUT2D eigenvalue weighted by molar-refractivity contribution is 6.01. The highest BCUT2D eigenvalue weighted by Gasteiger charge is 2.21. The second-order valence-corrected chi connectivity index (χ2v) is 8.32.